The Hall–Kier alpha value is -1.35. The number of hydrogen-bond donors (Lipinski definition) is 1. The van der Waals surface area contributed by atoms with Crippen LogP contribution in [0.1, 0.15) is 22.8 Å². The molecule has 0 aliphatic heterocycles. The van der Waals surface area contributed by atoms with Crippen LogP contribution in [-0.4, -0.2) is 18.8 Å². The summed E-state index contributed by atoms with van der Waals surface area (Å²) in [7, 11) is 1.69. The SMILES string of the molecule is COCCc1ccc(C(O)c2cccc(Cl)c2)cc1. The Balaban J connectivity index is 2.13. The minimum atomic E-state index is -0.643. The number of halogens is 1. The molecule has 1 N–H and O–H groups in total. The molecule has 2 rings (SSSR count). The molecule has 0 saturated carbocycles. The van der Waals surface area contributed by atoms with Gasteiger partial charge in [0.2, 0.25) is 0 Å². The maximum absolute atomic E-state index is 10.3. The van der Waals surface area contributed by atoms with E-state index >= 15 is 0 Å². The van der Waals surface area contributed by atoms with Crippen LogP contribution in [-0.2, 0) is 11.2 Å². The summed E-state index contributed by atoms with van der Waals surface area (Å²) in [6.07, 6.45) is 0.236. The maximum atomic E-state index is 10.3. The highest BCUT2D eigenvalue weighted by Crippen LogP contribution is 2.24. The van der Waals surface area contributed by atoms with Crippen LogP contribution in [0.5, 0.6) is 0 Å². The monoisotopic (exact) mass is 276 g/mol. The Labute approximate surface area is 118 Å². The third kappa shape index (κ3) is 3.80. The topological polar surface area (TPSA) is 29.5 Å². The third-order valence-corrected chi connectivity index (χ3v) is 3.29. The average Bonchev–Trinajstić information content (AvgIpc) is 2.45. The van der Waals surface area contributed by atoms with E-state index in [-0.39, 0.29) is 0 Å². The van der Waals surface area contributed by atoms with Crippen molar-refractivity contribution in [3.05, 3.63) is 70.2 Å². The van der Waals surface area contributed by atoms with E-state index in [9.17, 15) is 5.11 Å². The van der Waals surface area contributed by atoms with Gasteiger partial charge in [0.15, 0.2) is 0 Å². The van der Waals surface area contributed by atoms with Gasteiger partial charge in [-0.15, -0.1) is 0 Å². The Morgan fingerprint density at radius 1 is 1.11 bits per heavy atom. The minimum absolute atomic E-state index is 0.633. The fourth-order valence-electron chi connectivity index (χ4n) is 1.96. The summed E-state index contributed by atoms with van der Waals surface area (Å²) in [4.78, 5) is 0. The molecule has 2 aromatic rings. The van der Waals surface area contributed by atoms with Gasteiger partial charge in [0.05, 0.1) is 6.61 Å². The highest BCUT2D eigenvalue weighted by atomic mass is 35.5. The molecule has 0 aliphatic rings. The smallest absolute Gasteiger partial charge is 0.104 e. The molecular formula is C16H17ClO2. The summed E-state index contributed by atoms with van der Waals surface area (Å²) in [5.41, 5.74) is 2.87. The van der Waals surface area contributed by atoms with Gasteiger partial charge >= 0.3 is 0 Å². The van der Waals surface area contributed by atoms with Crippen molar-refractivity contribution in [1.29, 1.82) is 0 Å². The van der Waals surface area contributed by atoms with Crippen LogP contribution in [0.25, 0.3) is 0 Å². The quantitative estimate of drug-likeness (QED) is 0.904. The van der Waals surface area contributed by atoms with Crippen LogP contribution >= 0.6 is 11.6 Å². The van der Waals surface area contributed by atoms with Crippen LogP contribution in [0.4, 0.5) is 0 Å². The van der Waals surface area contributed by atoms with Crippen LogP contribution in [0.2, 0.25) is 5.02 Å². The van der Waals surface area contributed by atoms with Crippen molar-refractivity contribution in [1.82, 2.24) is 0 Å². The standard InChI is InChI=1S/C16H17ClO2/c1-19-10-9-12-5-7-13(8-6-12)16(18)14-3-2-4-15(17)11-14/h2-8,11,16,18H,9-10H2,1H3. The normalized spacial score (nSPS) is 12.4. The van der Waals surface area contributed by atoms with Crippen molar-refractivity contribution < 1.29 is 9.84 Å². The van der Waals surface area contributed by atoms with Gasteiger partial charge in [-0.1, -0.05) is 48.0 Å². The fraction of sp³-hybridized carbons (Fsp3) is 0.250. The second-order valence-corrected chi connectivity index (χ2v) is 4.88. The highest BCUT2D eigenvalue weighted by Gasteiger charge is 2.10. The number of aliphatic hydroxyl groups excluding tert-OH is 1. The average molecular weight is 277 g/mol. The van der Waals surface area contributed by atoms with E-state index < -0.39 is 6.10 Å². The van der Waals surface area contributed by atoms with Gasteiger partial charge in [-0.25, -0.2) is 0 Å². The summed E-state index contributed by atoms with van der Waals surface area (Å²) in [6.45, 7) is 0.705. The number of aliphatic hydroxyl groups is 1. The summed E-state index contributed by atoms with van der Waals surface area (Å²) < 4.78 is 5.04. The molecule has 0 spiro atoms. The first-order chi connectivity index (χ1) is 9.20. The molecule has 0 radical (unpaired) electrons. The zero-order valence-corrected chi connectivity index (χ0v) is 11.6. The van der Waals surface area contributed by atoms with E-state index in [4.69, 9.17) is 16.3 Å². The first-order valence-electron chi connectivity index (χ1n) is 6.22. The van der Waals surface area contributed by atoms with E-state index in [0.717, 1.165) is 17.5 Å². The van der Waals surface area contributed by atoms with Crippen molar-refractivity contribution in [2.45, 2.75) is 12.5 Å². The van der Waals surface area contributed by atoms with E-state index in [1.54, 1.807) is 19.2 Å². The molecule has 100 valence electrons. The predicted molar refractivity (Wildman–Crippen MR) is 77.5 cm³/mol. The lowest BCUT2D eigenvalue weighted by atomic mass is 10.00. The number of hydrogen-bond acceptors (Lipinski definition) is 2. The van der Waals surface area contributed by atoms with Gasteiger partial charge in [0.25, 0.3) is 0 Å². The Bertz CT molecular complexity index is 523. The van der Waals surface area contributed by atoms with Gasteiger partial charge in [0.1, 0.15) is 6.10 Å². The zero-order valence-electron chi connectivity index (χ0n) is 10.8. The van der Waals surface area contributed by atoms with Gasteiger partial charge in [-0.2, -0.15) is 0 Å². The summed E-state index contributed by atoms with van der Waals surface area (Å²) in [5.74, 6) is 0. The number of benzene rings is 2. The van der Waals surface area contributed by atoms with Crippen molar-refractivity contribution in [3.63, 3.8) is 0 Å². The van der Waals surface area contributed by atoms with Gasteiger partial charge in [0, 0.05) is 12.1 Å². The van der Waals surface area contributed by atoms with Gasteiger partial charge in [-0.3, -0.25) is 0 Å². The van der Waals surface area contributed by atoms with Crippen LogP contribution in [0, 0.1) is 0 Å². The summed E-state index contributed by atoms with van der Waals surface area (Å²) >= 11 is 5.93. The zero-order chi connectivity index (χ0) is 13.7. The van der Waals surface area contributed by atoms with E-state index in [2.05, 4.69) is 0 Å². The molecule has 2 aromatic carbocycles. The summed E-state index contributed by atoms with van der Waals surface area (Å²) in [5, 5.41) is 10.9. The van der Waals surface area contributed by atoms with Gasteiger partial charge in [-0.05, 0) is 35.2 Å². The molecule has 3 heteroatoms. The lowest BCUT2D eigenvalue weighted by molar-refractivity contribution is 0.202. The van der Waals surface area contributed by atoms with Crippen LogP contribution < -0.4 is 0 Å². The molecule has 0 aromatic heterocycles. The van der Waals surface area contributed by atoms with Crippen molar-refractivity contribution in [2.24, 2.45) is 0 Å². The van der Waals surface area contributed by atoms with Crippen molar-refractivity contribution in [3.8, 4) is 0 Å². The Kier molecular flexibility index (Phi) is 4.97. The van der Waals surface area contributed by atoms with Crippen molar-refractivity contribution >= 4 is 11.6 Å². The molecule has 1 atom stereocenters. The minimum Gasteiger partial charge on any atom is -0.384 e. The number of rotatable bonds is 5. The second-order valence-electron chi connectivity index (χ2n) is 4.44. The first kappa shape index (κ1) is 14.1. The Morgan fingerprint density at radius 2 is 1.84 bits per heavy atom. The number of ether oxygens (including phenoxy) is 1. The maximum Gasteiger partial charge on any atom is 0.104 e. The lowest BCUT2D eigenvalue weighted by Gasteiger charge is -2.12. The molecule has 0 fully saturated rings. The van der Waals surface area contributed by atoms with E-state index in [1.165, 1.54) is 5.56 Å². The molecule has 2 nitrogen and oxygen atoms in total. The van der Waals surface area contributed by atoms with E-state index in [0.29, 0.717) is 11.6 Å². The molecule has 0 saturated heterocycles. The predicted octanol–water partition coefficient (Wildman–Crippen LogP) is 3.61. The van der Waals surface area contributed by atoms with Gasteiger partial charge < -0.3 is 9.84 Å². The van der Waals surface area contributed by atoms with E-state index in [1.807, 2.05) is 36.4 Å². The lowest BCUT2D eigenvalue weighted by Crippen LogP contribution is -2.00. The molecule has 0 amide bonds. The van der Waals surface area contributed by atoms with Crippen LogP contribution in [0.3, 0.4) is 0 Å². The fourth-order valence-corrected chi connectivity index (χ4v) is 2.15. The largest absolute Gasteiger partial charge is 0.384 e. The highest BCUT2D eigenvalue weighted by molar-refractivity contribution is 6.30. The van der Waals surface area contributed by atoms with Crippen LogP contribution in [0.15, 0.2) is 48.5 Å². The number of methoxy groups -OCH3 is 1. The first-order valence-corrected chi connectivity index (χ1v) is 6.60. The molecular weight excluding hydrogens is 260 g/mol. The Morgan fingerprint density at radius 3 is 2.47 bits per heavy atom. The second kappa shape index (κ2) is 6.71. The summed E-state index contributed by atoms with van der Waals surface area (Å²) in [6, 6.07) is 15.2. The molecule has 0 heterocycles. The van der Waals surface area contributed by atoms with Crippen molar-refractivity contribution in [2.75, 3.05) is 13.7 Å². The molecule has 0 aliphatic carbocycles. The molecule has 1 unspecified atom stereocenters. The third-order valence-electron chi connectivity index (χ3n) is 3.05. The molecule has 0 bridgehead atoms. The molecule has 19 heavy (non-hydrogen) atoms.